The maximum atomic E-state index is 13.2. The molecule has 2 aromatic carbocycles. The van der Waals surface area contributed by atoms with Gasteiger partial charge in [0, 0.05) is 43.3 Å². The number of halogens is 2. The van der Waals surface area contributed by atoms with Gasteiger partial charge in [0.2, 0.25) is 0 Å². The molecule has 0 aliphatic carbocycles. The fourth-order valence-electron chi connectivity index (χ4n) is 2.78. The Morgan fingerprint density at radius 3 is 2.10 bits per heavy atom. The molecule has 2 N–H and O–H groups in total. The minimum Gasteiger partial charge on any atom is -0.473 e. The molecule has 1 aliphatic rings. The molecular weight excluding hydrogens is 403 g/mol. The molecule has 0 aromatic heterocycles. The Morgan fingerprint density at radius 2 is 1.55 bits per heavy atom. The van der Waals surface area contributed by atoms with Gasteiger partial charge in [0.05, 0.1) is 0 Å². The summed E-state index contributed by atoms with van der Waals surface area (Å²) in [6, 6.07) is 13.7. The normalized spacial score (nSPS) is 13.9. The van der Waals surface area contributed by atoms with Gasteiger partial charge in [-0.2, -0.15) is 0 Å². The van der Waals surface area contributed by atoms with Crippen molar-refractivity contribution in [2.24, 2.45) is 0 Å². The molecule has 1 saturated heterocycles. The van der Waals surface area contributed by atoms with Gasteiger partial charge in [-0.1, -0.05) is 35.9 Å². The van der Waals surface area contributed by atoms with Gasteiger partial charge in [0.1, 0.15) is 5.82 Å². The zero-order valence-electron chi connectivity index (χ0n) is 15.4. The number of aliphatic carboxylic acids is 2. The number of carboxylic acids is 2. The third kappa shape index (κ3) is 6.85. The van der Waals surface area contributed by atoms with E-state index in [1.807, 2.05) is 24.3 Å². The Hall–Kier alpha value is -2.97. The molecule has 29 heavy (non-hydrogen) atoms. The van der Waals surface area contributed by atoms with Crippen molar-refractivity contribution in [3.63, 3.8) is 0 Å². The van der Waals surface area contributed by atoms with Gasteiger partial charge < -0.3 is 15.1 Å². The number of rotatable bonds is 3. The average Bonchev–Trinajstić information content (AvgIpc) is 2.70. The molecule has 0 saturated carbocycles. The van der Waals surface area contributed by atoms with Crippen molar-refractivity contribution in [3.05, 3.63) is 70.5 Å². The molecule has 1 heterocycles. The first-order valence-electron chi connectivity index (χ1n) is 8.74. The monoisotopic (exact) mass is 422 g/mol. The highest BCUT2D eigenvalue weighted by molar-refractivity contribution is 6.31. The van der Waals surface area contributed by atoms with E-state index in [-0.39, 0.29) is 11.7 Å². The topological polar surface area (TPSA) is 98.1 Å². The Labute approximate surface area is 171 Å². The second-order valence-electron chi connectivity index (χ2n) is 6.28. The summed E-state index contributed by atoms with van der Waals surface area (Å²) in [4.78, 5) is 34.6. The second kappa shape index (κ2) is 10.5. The molecule has 7 nitrogen and oxygen atoms in total. The summed E-state index contributed by atoms with van der Waals surface area (Å²) in [5.74, 6) is -4.14. The summed E-state index contributed by atoms with van der Waals surface area (Å²) in [6.45, 7) is 3.62. The zero-order valence-corrected chi connectivity index (χ0v) is 16.2. The van der Waals surface area contributed by atoms with E-state index in [4.69, 9.17) is 31.4 Å². The molecule has 1 amide bonds. The predicted molar refractivity (Wildman–Crippen MR) is 104 cm³/mol. The number of carboxylic acid groups (broad SMARTS) is 2. The van der Waals surface area contributed by atoms with Crippen molar-refractivity contribution < 1.29 is 29.0 Å². The molecule has 154 valence electrons. The Kier molecular flexibility index (Phi) is 8.11. The molecule has 0 atom stereocenters. The van der Waals surface area contributed by atoms with Crippen LogP contribution >= 0.6 is 11.6 Å². The van der Waals surface area contributed by atoms with E-state index in [0.29, 0.717) is 18.7 Å². The van der Waals surface area contributed by atoms with Crippen molar-refractivity contribution in [2.75, 3.05) is 26.2 Å². The van der Waals surface area contributed by atoms with Crippen LogP contribution in [0.2, 0.25) is 5.02 Å². The number of amides is 1. The molecular formula is C20H20ClFN2O5. The first-order chi connectivity index (χ1) is 13.8. The fourth-order valence-corrected chi connectivity index (χ4v) is 2.98. The maximum absolute atomic E-state index is 13.2. The Morgan fingerprint density at radius 1 is 0.931 bits per heavy atom. The van der Waals surface area contributed by atoms with E-state index in [1.165, 1.54) is 12.1 Å². The summed E-state index contributed by atoms with van der Waals surface area (Å²) in [5, 5.41) is 15.6. The molecule has 2 aromatic rings. The van der Waals surface area contributed by atoms with Crippen LogP contribution < -0.4 is 0 Å². The molecule has 3 rings (SSSR count). The Balaban J connectivity index is 0.000000438. The number of carbonyl (C=O) groups excluding carboxylic acids is 1. The van der Waals surface area contributed by atoms with Crippen LogP contribution in [0.3, 0.4) is 0 Å². The van der Waals surface area contributed by atoms with Gasteiger partial charge in [-0.25, -0.2) is 14.0 Å². The summed E-state index contributed by atoms with van der Waals surface area (Å²) in [6.07, 6.45) is 0. The number of nitrogens with zero attached hydrogens (tertiary/aromatic N) is 2. The standard InChI is InChI=1S/C18H18ClFN2O.C2H2O4/c19-17-7-2-1-4-15(17)13-21-8-10-22(11-9-21)18(23)14-5-3-6-16(20)12-14;3-1(4)2(5)6/h1-7,12H,8-11,13H2;(H,3,4)(H,5,6). The van der Waals surface area contributed by atoms with E-state index < -0.39 is 11.9 Å². The van der Waals surface area contributed by atoms with Crippen LogP contribution in [0.5, 0.6) is 0 Å². The molecule has 1 fully saturated rings. The zero-order chi connectivity index (χ0) is 21.4. The molecule has 9 heteroatoms. The minimum absolute atomic E-state index is 0.109. The van der Waals surface area contributed by atoms with E-state index >= 15 is 0 Å². The Bertz CT molecular complexity index is 873. The SMILES string of the molecule is O=C(O)C(=O)O.O=C(c1cccc(F)c1)N1CCN(Cc2ccccc2Cl)CC1. The first-order valence-corrected chi connectivity index (χ1v) is 9.12. The van der Waals surface area contributed by atoms with Gasteiger partial charge in [-0.15, -0.1) is 0 Å². The minimum atomic E-state index is -1.82. The van der Waals surface area contributed by atoms with Crippen molar-refractivity contribution >= 4 is 29.4 Å². The van der Waals surface area contributed by atoms with Crippen LogP contribution in [0.4, 0.5) is 4.39 Å². The lowest BCUT2D eigenvalue weighted by atomic mass is 10.1. The van der Waals surface area contributed by atoms with Crippen LogP contribution in [0.1, 0.15) is 15.9 Å². The molecule has 0 bridgehead atoms. The lowest BCUT2D eigenvalue weighted by Crippen LogP contribution is -2.48. The third-order valence-corrected chi connectivity index (χ3v) is 4.63. The van der Waals surface area contributed by atoms with Crippen molar-refractivity contribution in [3.8, 4) is 0 Å². The third-order valence-electron chi connectivity index (χ3n) is 4.27. The van der Waals surface area contributed by atoms with Crippen LogP contribution in [-0.2, 0) is 16.1 Å². The quantitative estimate of drug-likeness (QED) is 0.738. The summed E-state index contributed by atoms with van der Waals surface area (Å²) < 4.78 is 13.2. The molecule has 0 spiro atoms. The van der Waals surface area contributed by atoms with Crippen LogP contribution in [0.25, 0.3) is 0 Å². The van der Waals surface area contributed by atoms with Gasteiger partial charge in [0.25, 0.3) is 5.91 Å². The summed E-state index contributed by atoms with van der Waals surface area (Å²) in [5.41, 5.74) is 1.50. The number of carbonyl (C=O) groups is 3. The maximum Gasteiger partial charge on any atom is 0.414 e. The van der Waals surface area contributed by atoms with Crippen molar-refractivity contribution in [1.29, 1.82) is 0 Å². The van der Waals surface area contributed by atoms with Gasteiger partial charge in [-0.05, 0) is 29.8 Å². The van der Waals surface area contributed by atoms with E-state index in [2.05, 4.69) is 4.90 Å². The van der Waals surface area contributed by atoms with Crippen molar-refractivity contribution in [1.82, 2.24) is 9.80 Å². The number of hydrogen-bond donors (Lipinski definition) is 2. The predicted octanol–water partition coefficient (Wildman–Crippen LogP) is 2.59. The average molecular weight is 423 g/mol. The first kappa shape index (κ1) is 22.3. The van der Waals surface area contributed by atoms with E-state index in [0.717, 1.165) is 30.2 Å². The van der Waals surface area contributed by atoms with Crippen molar-refractivity contribution in [2.45, 2.75) is 6.54 Å². The van der Waals surface area contributed by atoms with Crippen LogP contribution in [0.15, 0.2) is 48.5 Å². The fraction of sp³-hybridized carbons (Fsp3) is 0.250. The van der Waals surface area contributed by atoms with Crippen LogP contribution in [-0.4, -0.2) is 64.0 Å². The number of piperazine rings is 1. The number of hydrogen-bond acceptors (Lipinski definition) is 4. The lowest BCUT2D eigenvalue weighted by Gasteiger charge is -2.35. The molecule has 0 radical (unpaired) electrons. The van der Waals surface area contributed by atoms with Crippen LogP contribution in [0, 0.1) is 5.82 Å². The van der Waals surface area contributed by atoms with Gasteiger partial charge in [0.15, 0.2) is 0 Å². The highest BCUT2D eigenvalue weighted by atomic mass is 35.5. The summed E-state index contributed by atoms with van der Waals surface area (Å²) >= 11 is 6.19. The second-order valence-corrected chi connectivity index (χ2v) is 6.69. The number of benzene rings is 2. The smallest absolute Gasteiger partial charge is 0.414 e. The molecule has 0 unspecified atom stereocenters. The van der Waals surface area contributed by atoms with E-state index in [9.17, 15) is 9.18 Å². The highest BCUT2D eigenvalue weighted by Crippen LogP contribution is 2.18. The largest absolute Gasteiger partial charge is 0.473 e. The van der Waals surface area contributed by atoms with Gasteiger partial charge in [-0.3, -0.25) is 9.69 Å². The molecule has 1 aliphatic heterocycles. The van der Waals surface area contributed by atoms with Gasteiger partial charge >= 0.3 is 11.9 Å². The highest BCUT2D eigenvalue weighted by Gasteiger charge is 2.22. The lowest BCUT2D eigenvalue weighted by molar-refractivity contribution is -0.159. The summed E-state index contributed by atoms with van der Waals surface area (Å²) in [7, 11) is 0. The van der Waals surface area contributed by atoms with E-state index in [1.54, 1.807) is 17.0 Å².